The van der Waals surface area contributed by atoms with E-state index in [0.29, 0.717) is 23.6 Å². The molecule has 4 N–H and O–H groups in total. The molecule has 4 nitrogen and oxygen atoms in total. The Hall–Kier alpha value is -1.26. The number of phenols is 1. The number of nitrogens with two attached hydrogens (primary N) is 1. The summed E-state index contributed by atoms with van der Waals surface area (Å²) in [4.78, 5) is 11.6. The van der Waals surface area contributed by atoms with E-state index >= 15 is 0 Å². The predicted octanol–water partition coefficient (Wildman–Crippen LogP) is 1.48. The van der Waals surface area contributed by atoms with Gasteiger partial charge in [-0.25, -0.2) is 0 Å². The highest BCUT2D eigenvalue weighted by atomic mass is 35.5. The number of halogens is 1. The van der Waals surface area contributed by atoms with Gasteiger partial charge in [-0.2, -0.15) is 0 Å². The van der Waals surface area contributed by atoms with Crippen LogP contribution in [-0.2, 0) is 4.79 Å². The molecule has 0 heterocycles. The van der Waals surface area contributed by atoms with Crippen molar-refractivity contribution in [3.05, 3.63) is 23.2 Å². The molecule has 1 aliphatic rings. The van der Waals surface area contributed by atoms with E-state index in [9.17, 15) is 9.90 Å². The van der Waals surface area contributed by atoms with Gasteiger partial charge in [-0.15, -0.1) is 0 Å². The lowest BCUT2D eigenvalue weighted by molar-refractivity contribution is -0.118. The maximum atomic E-state index is 11.6. The van der Waals surface area contributed by atoms with Crippen molar-refractivity contribution in [2.45, 2.75) is 18.4 Å². The Morgan fingerprint density at radius 1 is 1.53 bits per heavy atom. The van der Waals surface area contributed by atoms with Crippen molar-refractivity contribution in [3.63, 3.8) is 0 Å². The summed E-state index contributed by atoms with van der Waals surface area (Å²) in [7, 11) is 0. The molecular weight excluding hydrogens is 216 g/mol. The van der Waals surface area contributed by atoms with Gasteiger partial charge in [-0.3, -0.25) is 4.79 Å². The minimum atomic E-state index is -0.755. The second-order valence-corrected chi connectivity index (χ2v) is 4.21. The second-order valence-electron chi connectivity index (χ2n) is 3.77. The number of phenolic OH excluding ortho intramolecular Hbond substituents is 1. The zero-order valence-corrected chi connectivity index (χ0v) is 8.71. The Kier molecular flexibility index (Phi) is 2.32. The van der Waals surface area contributed by atoms with Gasteiger partial charge >= 0.3 is 0 Å². The number of anilines is 1. The summed E-state index contributed by atoms with van der Waals surface area (Å²) in [6.45, 7) is 0. The zero-order valence-electron chi connectivity index (χ0n) is 7.96. The number of carbonyl (C=O) groups is 1. The molecule has 1 amide bonds. The monoisotopic (exact) mass is 226 g/mol. The third kappa shape index (κ3) is 2.06. The van der Waals surface area contributed by atoms with Crippen molar-refractivity contribution in [1.29, 1.82) is 0 Å². The van der Waals surface area contributed by atoms with Crippen LogP contribution in [0.5, 0.6) is 5.75 Å². The van der Waals surface area contributed by atoms with Crippen molar-refractivity contribution in [3.8, 4) is 5.75 Å². The Morgan fingerprint density at radius 3 is 2.80 bits per heavy atom. The fourth-order valence-corrected chi connectivity index (χ4v) is 1.39. The molecule has 0 spiro atoms. The van der Waals surface area contributed by atoms with Gasteiger partial charge in [0.05, 0.1) is 11.2 Å². The molecule has 0 aliphatic heterocycles. The van der Waals surface area contributed by atoms with Crippen LogP contribution in [0.2, 0.25) is 5.02 Å². The maximum absolute atomic E-state index is 11.6. The molecule has 0 unspecified atom stereocenters. The number of carbonyl (C=O) groups excluding carboxylic acids is 1. The van der Waals surface area contributed by atoms with Gasteiger partial charge in [-0.05, 0) is 31.0 Å². The van der Waals surface area contributed by atoms with Crippen molar-refractivity contribution >= 4 is 23.2 Å². The third-order valence-electron chi connectivity index (χ3n) is 2.45. The summed E-state index contributed by atoms with van der Waals surface area (Å²) in [6, 6.07) is 4.45. The minimum Gasteiger partial charge on any atom is -0.506 e. The SMILES string of the molecule is NC1(C(=O)Nc2cc(Cl)ccc2O)CC1. The van der Waals surface area contributed by atoms with E-state index in [4.69, 9.17) is 17.3 Å². The fourth-order valence-electron chi connectivity index (χ4n) is 1.22. The summed E-state index contributed by atoms with van der Waals surface area (Å²) in [5.41, 5.74) is 5.24. The first kappa shape index (κ1) is 10.3. The molecule has 1 aromatic carbocycles. The summed E-state index contributed by atoms with van der Waals surface area (Å²) in [5.74, 6) is -0.294. The molecule has 1 aliphatic carbocycles. The van der Waals surface area contributed by atoms with E-state index in [0.717, 1.165) is 0 Å². The van der Waals surface area contributed by atoms with Crippen molar-refractivity contribution in [1.82, 2.24) is 0 Å². The highest BCUT2D eigenvalue weighted by Gasteiger charge is 2.46. The van der Waals surface area contributed by atoms with Crippen LogP contribution >= 0.6 is 11.6 Å². The Labute approximate surface area is 92.0 Å². The van der Waals surface area contributed by atoms with Gasteiger partial charge in [-0.1, -0.05) is 11.6 Å². The van der Waals surface area contributed by atoms with Crippen LogP contribution in [0, 0.1) is 0 Å². The lowest BCUT2D eigenvalue weighted by Gasteiger charge is -2.11. The minimum absolute atomic E-state index is 0.0167. The highest BCUT2D eigenvalue weighted by Crippen LogP contribution is 2.35. The Balaban J connectivity index is 2.16. The van der Waals surface area contributed by atoms with Crippen LogP contribution in [-0.4, -0.2) is 16.6 Å². The number of benzene rings is 1. The standard InChI is InChI=1S/C10H11ClN2O2/c11-6-1-2-8(14)7(5-6)13-9(15)10(12)3-4-10/h1-2,5,14H,3-4,12H2,(H,13,15). The largest absolute Gasteiger partial charge is 0.506 e. The molecule has 1 saturated carbocycles. The Morgan fingerprint density at radius 2 is 2.20 bits per heavy atom. The Bertz CT molecular complexity index is 416. The molecule has 0 atom stereocenters. The van der Waals surface area contributed by atoms with Crippen LogP contribution in [0.15, 0.2) is 18.2 Å². The molecular formula is C10H11ClN2O2. The quantitative estimate of drug-likeness (QED) is 0.669. The fraction of sp³-hybridized carbons (Fsp3) is 0.300. The van der Waals surface area contributed by atoms with Crippen molar-refractivity contribution in [2.24, 2.45) is 5.73 Å². The number of nitrogens with one attached hydrogen (secondary N) is 1. The zero-order chi connectivity index (χ0) is 11.1. The molecule has 15 heavy (non-hydrogen) atoms. The first-order valence-electron chi connectivity index (χ1n) is 4.60. The highest BCUT2D eigenvalue weighted by molar-refractivity contribution is 6.31. The summed E-state index contributed by atoms with van der Waals surface area (Å²) in [6.07, 6.45) is 1.36. The van der Waals surface area contributed by atoms with Crippen molar-refractivity contribution < 1.29 is 9.90 Å². The van der Waals surface area contributed by atoms with E-state index in [2.05, 4.69) is 5.32 Å². The van der Waals surface area contributed by atoms with Crippen molar-refractivity contribution in [2.75, 3.05) is 5.32 Å². The van der Waals surface area contributed by atoms with Gasteiger partial charge in [0, 0.05) is 5.02 Å². The van der Waals surface area contributed by atoms with Crippen LogP contribution in [0.25, 0.3) is 0 Å². The molecule has 0 radical (unpaired) electrons. The maximum Gasteiger partial charge on any atom is 0.244 e. The van der Waals surface area contributed by atoms with Crippen LogP contribution in [0.4, 0.5) is 5.69 Å². The molecule has 5 heteroatoms. The normalized spacial score (nSPS) is 17.2. The summed E-state index contributed by atoms with van der Waals surface area (Å²) < 4.78 is 0. The molecule has 2 rings (SSSR count). The number of aromatic hydroxyl groups is 1. The van der Waals surface area contributed by atoms with E-state index in [1.807, 2.05) is 0 Å². The molecule has 0 bridgehead atoms. The molecule has 0 saturated heterocycles. The lowest BCUT2D eigenvalue weighted by Crippen LogP contribution is -2.37. The summed E-state index contributed by atoms with van der Waals surface area (Å²) >= 11 is 5.74. The number of hydrogen-bond donors (Lipinski definition) is 3. The molecule has 80 valence electrons. The number of rotatable bonds is 2. The average molecular weight is 227 g/mol. The van der Waals surface area contributed by atoms with Crippen LogP contribution in [0.1, 0.15) is 12.8 Å². The first-order chi connectivity index (χ1) is 7.01. The van der Waals surface area contributed by atoms with Gasteiger partial charge in [0.25, 0.3) is 0 Å². The average Bonchev–Trinajstić information content (AvgIpc) is 2.91. The van der Waals surface area contributed by atoms with Crippen LogP contribution in [0.3, 0.4) is 0 Å². The van der Waals surface area contributed by atoms with Gasteiger partial charge in [0.2, 0.25) is 5.91 Å². The smallest absolute Gasteiger partial charge is 0.244 e. The van der Waals surface area contributed by atoms with E-state index in [1.165, 1.54) is 12.1 Å². The topological polar surface area (TPSA) is 75.4 Å². The first-order valence-corrected chi connectivity index (χ1v) is 4.98. The third-order valence-corrected chi connectivity index (χ3v) is 2.68. The number of hydrogen-bond acceptors (Lipinski definition) is 3. The second kappa shape index (κ2) is 3.40. The van der Waals surface area contributed by atoms with E-state index in [1.54, 1.807) is 6.07 Å². The molecule has 1 fully saturated rings. The number of amides is 1. The van der Waals surface area contributed by atoms with Crippen LogP contribution < -0.4 is 11.1 Å². The predicted molar refractivity (Wildman–Crippen MR) is 57.9 cm³/mol. The van der Waals surface area contributed by atoms with E-state index < -0.39 is 5.54 Å². The van der Waals surface area contributed by atoms with Gasteiger partial charge < -0.3 is 16.2 Å². The summed E-state index contributed by atoms with van der Waals surface area (Å²) in [5, 5.41) is 12.5. The molecule has 1 aromatic rings. The lowest BCUT2D eigenvalue weighted by atomic mass is 10.2. The van der Waals surface area contributed by atoms with Gasteiger partial charge in [0.15, 0.2) is 0 Å². The molecule has 0 aromatic heterocycles. The van der Waals surface area contributed by atoms with Gasteiger partial charge in [0.1, 0.15) is 5.75 Å². The van der Waals surface area contributed by atoms with E-state index in [-0.39, 0.29) is 11.7 Å².